The van der Waals surface area contributed by atoms with Gasteiger partial charge >= 0.3 is 0 Å². The van der Waals surface area contributed by atoms with Crippen LogP contribution in [0.3, 0.4) is 0 Å². The summed E-state index contributed by atoms with van der Waals surface area (Å²) in [5.41, 5.74) is 7.04. The van der Waals surface area contributed by atoms with Gasteiger partial charge in [0.2, 0.25) is 5.91 Å². The first-order valence-electron chi connectivity index (χ1n) is 10.9. The average Bonchev–Trinajstić information content (AvgIpc) is 2.86. The van der Waals surface area contributed by atoms with Crippen LogP contribution in [0.15, 0.2) is 35.5 Å². The lowest BCUT2D eigenvalue weighted by Crippen LogP contribution is -2.41. The van der Waals surface area contributed by atoms with Crippen molar-refractivity contribution >= 4 is 23.6 Å². The molecular weight excluding hydrogens is 392 g/mol. The Balaban J connectivity index is 1.98. The fraction of sp³-hybridized carbons (Fsp3) is 0.522. The number of carbonyl (C=O) groups is 1. The predicted molar refractivity (Wildman–Crippen MR) is 125 cm³/mol. The maximum Gasteiger partial charge on any atom is 0.219 e. The Hall–Kier alpha value is -2.71. The summed E-state index contributed by atoms with van der Waals surface area (Å²) >= 11 is 0. The molecule has 31 heavy (non-hydrogen) atoms. The number of hydrazone groups is 1. The number of aliphatic hydroxyl groups excluding tert-OH is 1. The smallest absolute Gasteiger partial charge is 0.219 e. The Morgan fingerprint density at radius 3 is 2.97 bits per heavy atom. The van der Waals surface area contributed by atoms with Gasteiger partial charge < -0.3 is 31.1 Å². The van der Waals surface area contributed by atoms with Crippen LogP contribution in [-0.4, -0.2) is 74.3 Å². The first kappa shape index (κ1) is 23.0. The highest BCUT2D eigenvalue weighted by atomic mass is 16.3. The molecule has 0 radical (unpaired) electrons. The first-order chi connectivity index (χ1) is 15.0. The van der Waals surface area contributed by atoms with Crippen LogP contribution in [0.1, 0.15) is 42.7 Å². The number of aliphatic hydroxyl groups is 1. The second-order valence-corrected chi connectivity index (χ2v) is 8.21. The molecule has 8 nitrogen and oxygen atoms in total. The van der Waals surface area contributed by atoms with Crippen LogP contribution >= 0.6 is 0 Å². The van der Waals surface area contributed by atoms with E-state index in [1.807, 2.05) is 18.0 Å². The average molecular weight is 427 g/mol. The molecule has 4 N–H and O–H groups in total. The van der Waals surface area contributed by atoms with Crippen molar-refractivity contribution in [1.29, 1.82) is 5.41 Å². The molecule has 1 aromatic carbocycles. The fourth-order valence-electron chi connectivity index (χ4n) is 4.30. The zero-order chi connectivity index (χ0) is 22.4. The number of rotatable bonds is 5. The van der Waals surface area contributed by atoms with E-state index in [9.17, 15) is 9.90 Å². The van der Waals surface area contributed by atoms with E-state index >= 15 is 0 Å². The van der Waals surface area contributed by atoms with Crippen molar-refractivity contribution in [2.24, 2.45) is 5.10 Å². The third-order valence-electron chi connectivity index (χ3n) is 6.06. The lowest BCUT2D eigenvalue weighted by Gasteiger charge is -2.37. The number of hydrogen-bond acceptors (Lipinski definition) is 7. The number of nitrogens with one attached hydrogen (secondary N) is 3. The number of benzene rings is 1. The van der Waals surface area contributed by atoms with Gasteiger partial charge in [0.15, 0.2) is 5.84 Å². The maximum absolute atomic E-state index is 12.0. The number of carbonyl (C=O) groups excluding carboxylic acids is 1. The summed E-state index contributed by atoms with van der Waals surface area (Å²) in [6.45, 7) is 9.11. The third kappa shape index (κ3) is 5.14. The maximum atomic E-state index is 12.0. The minimum Gasteiger partial charge on any atom is -0.396 e. The topological polar surface area (TPSA) is 104 Å². The van der Waals surface area contributed by atoms with Gasteiger partial charge in [0.25, 0.3) is 0 Å². The largest absolute Gasteiger partial charge is 0.396 e. The van der Waals surface area contributed by atoms with Gasteiger partial charge in [-0.1, -0.05) is 18.7 Å². The van der Waals surface area contributed by atoms with Crippen molar-refractivity contribution in [3.8, 4) is 0 Å². The quantitative estimate of drug-likeness (QED) is 0.536. The van der Waals surface area contributed by atoms with E-state index in [2.05, 4.69) is 39.5 Å². The van der Waals surface area contributed by atoms with Crippen LogP contribution in [-0.2, 0) is 4.79 Å². The fourth-order valence-corrected chi connectivity index (χ4v) is 4.30. The molecule has 8 heteroatoms. The predicted octanol–water partition coefficient (Wildman–Crippen LogP) is 1.64. The normalized spacial score (nSPS) is 22.2. The zero-order valence-electron chi connectivity index (χ0n) is 18.5. The van der Waals surface area contributed by atoms with E-state index < -0.39 is 0 Å². The monoisotopic (exact) mass is 426 g/mol. The number of likely N-dealkylation sites (N-methyl/N-ethyl adjacent to an activating group) is 1. The van der Waals surface area contributed by atoms with Gasteiger partial charge in [-0.05, 0) is 37.1 Å². The molecule has 2 heterocycles. The van der Waals surface area contributed by atoms with Crippen molar-refractivity contribution in [2.45, 2.75) is 31.6 Å². The lowest BCUT2D eigenvalue weighted by molar-refractivity contribution is -0.128. The van der Waals surface area contributed by atoms with E-state index in [-0.39, 0.29) is 24.3 Å². The minimum atomic E-state index is -0.0203. The van der Waals surface area contributed by atoms with Crippen molar-refractivity contribution in [3.63, 3.8) is 0 Å². The number of amidine groups is 1. The Morgan fingerprint density at radius 1 is 1.48 bits per heavy atom. The molecule has 0 bridgehead atoms. The lowest BCUT2D eigenvalue weighted by atomic mass is 9.86. The van der Waals surface area contributed by atoms with Crippen molar-refractivity contribution in [3.05, 3.63) is 41.5 Å². The second kappa shape index (κ2) is 10.5. The summed E-state index contributed by atoms with van der Waals surface area (Å²) in [7, 11) is 1.88. The number of amides is 1. The molecular formula is C23H34N6O2. The van der Waals surface area contributed by atoms with Crippen LogP contribution in [0.25, 0.3) is 0 Å². The molecule has 1 aromatic rings. The number of fused-ring (bicyclic) bond motifs is 1. The third-order valence-corrected chi connectivity index (χ3v) is 6.06. The zero-order valence-corrected chi connectivity index (χ0v) is 18.5. The highest BCUT2D eigenvalue weighted by molar-refractivity contribution is 6.10. The van der Waals surface area contributed by atoms with Crippen LogP contribution in [0.5, 0.6) is 0 Å². The molecule has 0 aromatic heterocycles. The first-order valence-corrected chi connectivity index (χ1v) is 10.9. The van der Waals surface area contributed by atoms with Gasteiger partial charge in [-0.2, -0.15) is 5.10 Å². The summed E-state index contributed by atoms with van der Waals surface area (Å²) in [4.78, 5) is 16.0. The van der Waals surface area contributed by atoms with E-state index in [0.29, 0.717) is 32.7 Å². The Bertz CT molecular complexity index is 852. The molecule has 3 rings (SSSR count). The minimum absolute atomic E-state index is 0.0203. The van der Waals surface area contributed by atoms with Crippen LogP contribution in [0.2, 0.25) is 0 Å². The van der Waals surface area contributed by atoms with Crippen LogP contribution < -0.4 is 15.6 Å². The van der Waals surface area contributed by atoms with Crippen molar-refractivity contribution < 1.29 is 9.90 Å². The van der Waals surface area contributed by atoms with Crippen molar-refractivity contribution in [2.75, 3.05) is 51.3 Å². The van der Waals surface area contributed by atoms with E-state index in [1.54, 1.807) is 6.92 Å². The molecule has 0 fully saturated rings. The van der Waals surface area contributed by atoms with Crippen LogP contribution in [0, 0.1) is 5.41 Å². The van der Waals surface area contributed by atoms with Gasteiger partial charge in [0, 0.05) is 69.0 Å². The summed E-state index contributed by atoms with van der Waals surface area (Å²) in [6.07, 6.45) is 3.07. The number of hydrogen-bond donors (Lipinski definition) is 4. The standard InChI is InChI=1S/C23H34N6O2/c1-16-14-28(17(2)31)9-4-8-26-27-23(16)29-10-7-19(15-30)21-11-18(5-6-22(21)29)20(12-24)13-25-3/h5-6,11-12,19-20,24-26,30H,1,4,7-10,13-15H2,2-3H3/b24-12?,27-23+/t19-,20?/m1/s1. The van der Waals surface area contributed by atoms with E-state index in [1.165, 1.54) is 6.21 Å². The molecule has 168 valence electrons. The van der Waals surface area contributed by atoms with Gasteiger partial charge in [0.1, 0.15) is 0 Å². The summed E-state index contributed by atoms with van der Waals surface area (Å²) in [5.74, 6) is 0.790. The molecule has 2 aliphatic heterocycles. The van der Waals surface area contributed by atoms with Gasteiger partial charge in [-0.3, -0.25) is 4.79 Å². The molecule has 1 amide bonds. The molecule has 2 atom stereocenters. The van der Waals surface area contributed by atoms with E-state index in [0.717, 1.165) is 41.1 Å². The Kier molecular flexibility index (Phi) is 7.81. The van der Waals surface area contributed by atoms with Gasteiger partial charge in [0.05, 0.1) is 6.61 Å². The molecule has 0 saturated carbocycles. The Labute approximate surface area is 184 Å². The Morgan fingerprint density at radius 2 is 2.29 bits per heavy atom. The van der Waals surface area contributed by atoms with Gasteiger partial charge in [-0.15, -0.1) is 0 Å². The highest BCUT2D eigenvalue weighted by Crippen LogP contribution is 2.37. The second-order valence-electron chi connectivity index (χ2n) is 8.21. The SMILES string of the molecule is C=C1CN(C(C)=O)CCCN/N=C\1N1CC[C@H](CO)c2cc(C(C=N)CNC)ccc21. The molecule has 2 aliphatic rings. The van der Waals surface area contributed by atoms with Crippen LogP contribution in [0.4, 0.5) is 5.69 Å². The molecule has 1 unspecified atom stereocenters. The molecule has 0 saturated heterocycles. The summed E-state index contributed by atoms with van der Waals surface area (Å²) in [5, 5.41) is 25.6. The number of anilines is 1. The van der Waals surface area contributed by atoms with E-state index in [4.69, 9.17) is 5.41 Å². The summed E-state index contributed by atoms with van der Waals surface area (Å²) in [6, 6.07) is 6.22. The summed E-state index contributed by atoms with van der Waals surface area (Å²) < 4.78 is 0. The highest BCUT2D eigenvalue weighted by Gasteiger charge is 2.30. The molecule has 0 aliphatic carbocycles. The van der Waals surface area contributed by atoms with Gasteiger partial charge in [-0.25, -0.2) is 0 Å². The number of nitrogens with zero attached hydrogens (tertiary/aromatic N) is 3. The molecule has 0 spiro atoms. The van der Waals surface area contributed by atoms with Crippen molar-refractivity contribution in [1.82, 2.24) is 15.6 Å².